The molecule has 0 unspecified atom stereocenters. The van der Waals surface area contributed by atoms with Crippen LogP contribution in [0.4, 0.5) is 16.2 Å². The number of ether oxygens (including phenoxy) is 2. The van der Waals surface area contributed by atoms with Crippen molar-refractivity contribution >= 4 is 52.2 Å². The number of methoxy groups -OCH3 is 1. The van der Waals surface area contributed by atoms with E-state index >= 15 is 0 Å². The normalized spacial score (nSPS) is 13.9. The third kappa shape index (κ3) is 6.89. The number of nitrogens with one attached hydrogen (secondary N) is 2. The maximum atomic E-state index is 12.9. The molecule has 10 heteroatoms. The second-order valence-corrected chi connectivity index (χ2v) is 10.2. The molecule has 2 N–H and O–H groups in total. The van der Waals surface area contributed by atoms with Crippen LogP contribution in [0.3, 0.4) is 0 Å². The number of nitrogens with zero attached hydrogens (tertiary/aromatic N) is 1. The van der Waals surface area contributed by atoms with Crippen LogP contribution in [0.2, 0.25) is 0 Å². The highest BCUT2D eigenvalue weighted by atomic mass is 32.2. The summed E-state index contributed by atoms with van der Waals surface area (Å²) in [7, 11) is 1.46. The maximum absolute atomic E-state index is 12.9. The Bertz CT molecular complexity index is 1500. The van der Waals surface area contributed by atoms with E-state index in [2.05, 4.69) is 10.6 Å². The van der Waals surface area contributed by atoms with Gasteiger partial charge in [0.2, 0.25) is 5.91 Å². The summed E-state index contributed by atoms with van der Waals surface area (Å²) in [5.41, 5.74) is 4.90. The van der Waals surface area contributed by atoms with Gasteiger partial charge in [-0.25, -0.2) is 0 Å². The molecule has 1 aliphatic rings. The fourth-order valence-corrected chi connectivity index (χ4v) is 4.72. The Kier molecular flexibility index (Phi) is 8.90. The van der Waals surface area contributed by atoms with Crippen LogP contribution in [0.15, 0.2) is 65.6 Å². The molecular formula is C30H29N3O6S. The molecule has 0 spiro atoms. The van der Waals surface area contributed by atoms with Crippen molar-refractivity contribution in [1.29, 1.82) is 0 Å². The number of thioether (sulfide) groups is 1. The van der Waals surface area contributed by atoms with Crippen LogP contribution in [0, 0.1) is 20.8 Å². The first-order chi connectivity index (χ1) is 19.1. The van der Waals surface area contributed by atoms with Gasteiger partial charge < -0.3 is 20.1 Å². The molecule has 4 amide bonds. The summed E-state index contributed by atoms with van der Waals surface area (Å²) < 4.78 is 11.0. The molecule has 0 aromatic heterocycles. The van der Waals surface area contributed by atoms with Gasteiger partial charge in [0.05, 0.1) is 12.0 Å². The summed E-state index contributed by atoms with van der Waals surface area (Å²) in [4.78, 5) is 51.4. The first-order valence-corrected chi connectivity index (χ1v) is 13.2. The van der Waals surface area contributed by atoms with E-state index in [-0.39, 0.29) is 17.4 Å². The van der Waals surface area contributed by atoms with E-state index in [1.165, 1.54) is 7.11 Å². The number of anilines is 2. The van der Waals surface area contributed by atoms with Crippen LogP contribution < -0.4 is 20.1 Å². The summed E-state index contributed by atoms with van der Waals surface area (Å²) in [6.45, 7) is 5.16. The lowest BCUT2D eigenvalue weighted by molar-refractivity contribution is -0.127. The molecule has 1 saturated heterocycles. The first-order valence-electron chi connectivity index (χ1n) is 12.4. The van der Waals surface area contributed by atoms with E-state index in [9.17, 15) is 19.2 Å². The van der Waals surface area contributed by atoms with Crippen LogP contribution in [-0.2, 0) is 14.4 Å². The molecular weight excluding hydrogens is 530 g/mol. The standard InChI is InChI=1S/C30H29N3O6S/c1-18-8-11-22(12-9-18)31-28(35)17-39-24-13-10-21(14-25(24)38-4)15-26-29(36)33(30(37)40-26)16-27(34)32-23-7-5-6-19(2)20(23)3/h5-15H,16-17H2,1-4H3,(H,31,35)(H,32,34)/b26-15+. The lowest BCUT2D eigenvalue weighted by Crippen LogP contribution is -2.36. The van der Waals surface area contributed by atoms with Gasteiger partial charge in [-0.15, -0.1) is 0 Å². The highest BCUT2D eigenvalue weighted by molar-refractivity contribution is 8.18. The van der Waals surface area contributed by atoms with Gasteiger partial charge >= 0.3 is 0 Å². The van der Waals surface area contributed by atoms with E-state index in [0.29, 0.717) is 28.4 Å². The number of amides is 4. The van der Waals surface area contributed by atoms with Crippen molar-refractivity contribution in [2.24, 2.45) is 0 Å². The summed E-state index contributed by atoms with van der Waals surface area (Å²) in [6.07, 6.45) is 1.55. The van der Waals surface area contributed by atoms with Crippen LogP contribution in [0.5, 0.6) is 11.5 Å². The minimum atomic E-state index is -0.557. The quantitative estimate of drug-likeness (QED) is 0.342. The number of rotatable bonds is 9. The third-order valence-electron chi connectivity index (χ3n) is 6.23. The van der Waals surface area contributed by atoms with Crippen molar-refractivity contribution in [3.05, 3.63) is 87.8 Å². The third-order valence-corrected chi connectivity index (χ3v) is 7.14. The molecule has 0 atom stereocenters. The second-order valence-electron chi connectivity index (χ2n) is 9.18. The van der Waals surface area contributed by atoms with Crippen molar-refractivity contribution in [3.8, 4) is 11.5 Å². The number of benzene rings is 3. The Morgan fingerprint density at radius 3 is 2.40 bits per heavy atom. The van der Waals surface area contributed by atoms with Gasteiger partial charge in [0.15, 0.2) is 18.1 Å². The Hall–Kier alpha value is -4.57. The zero-order valence-electron chi connectivity index (χ0n) is 22.6. The smallest absolute Gasteiger partial charge is 0.294 e. The number of carbonyl (C=O) groups excluding carboxylic acids is 4. The molecule has 0 aliphatic carbocycles. The Morgan fingerprint density at radius 1 is 0.925 bits per heavy atom. The predicted octanol–water partition coefficient (Wildman–Crippen LogP) is 5.31. The molecule has 40 heavy (non-hydrogen) atoms. The van der Waals surface area contributed by atoms with E-state index in [0.717, 1.165) is 33.4 Å². The van der Waals surface area contributed by atoms with E-state index < -0.39 is 23.6 Å². The number of carbonyl (C=O) groups is 4. The average molecular weight is 560 g/mol. The number of hydrogen-bond donors (Lipinski definition) is 2. The van der Waals surface area contributed by atoms with Crippen LogP contribution >= 0.6 is 11.8 Å². The van der Waals surface area contributed by atoms with E-state index in [1.807, 2.05) is 57.2 Å². The number of imide groups is 1. The largest absolute Gasteiger partial charge is 0.493 e. The molecule has 3 aromatic carbocycles. The van der Waals surface area contributed by atoms with Gasteiger partial charge in [-0.3, -0.25) is 24.1 Å². The molecule has 3 aromatic rings. The Balaban J connectivity index is 1.38. The monoisotopic (exact) mass is 559 g/mol. The fourth-order valence-electron chi connectivity index (χ4n) is 3.88. The molecule has 0 radical (unpaired) electrons. The Labute approximate surface area is 236 Å². The van der Waals surface area contributed by atoms with Crippen molar-refractivity contribution in [2.45, 2.75) is 20.8 Å². The molecule has 1 heterocycles. The minimum Gasteiger partial charge on any atom is -0.493 e. The summed E-state index contributed by atoms with van der Waals surface area (Å²) in [5.74, 6) is -0.658. The van der Waals surface area contributed by atoms with E-state index in [1.54, 1.807) is 30.3 Å². The lowest BCUT2D eigenvalue weighted by atomic mass is 10.1. The number of aryl methyl sites for hydroxylation is 2. The second kappa shape index (κ2) is 12.5. The van der Waals surface area contributed by atoms with Crippen molar-refractivity contribution in [2.75, 3.05) is 30.9 Å². The van der Waals surface area contributed by atoms with Gasteiger partial charge in [-0.05, 0) is 85.6 Å². The minimum absolute atomic E-state index is 0.178. The van der Waals surface area contributed by atoms with Gasteiger partial charge in [0.25, 0.3) is 17.1 Å². The first kappa shape index (κ1) is 28.4. The Morgan fingerprint density at radius 2 is 1.68 bits per heavy atom. The van der Waals surface area contributed by atoms with Gasteiger partial charge in [-0.2, -0.15) is 0 Å². The topological polar surface area (TPSA) is 114 Å². The van der Waals surface area contributed by atoms with Crippen LogP contribution in [0.1, 0.15) is 22.3 Å². The van der Waals surface area contributed by atoms with Gasteiger partial charge in [0.1, 0.15) is 6.54 Å². The van der Waals surface area contributed by atoms with Gasteiger partial charge in [0, 0.05) is 11.4 Å². The zero-order valence-corrected chi connectivity index (χ0v) is 23.4. The molecule has 1 fully saturated rings. The average Bonchev–Trinajstić information content (AvgIpc) is 3.18. The summed E-state index contributed by atoms with van der Waals surface area (Å²) in [5, 5.41) is 5.00. The molecule has 206 valence electrons. The highest BCUT2D eigenvalue weighted by Gasteiger charge is 2.36. The zero-order chi connectivity index (χ0) is 28.8. The van der Waals surface area contributed by atoms with Gasteiger partial charge in [-0.1, -0.05) is 35.9 Å². The molecule has 0 bridgehead atoms. The SMILES string of the molecule is COc1cc(/C=C2/SC(=O)N(CC(=O)Nc3cccc(C)c3C)C2=O)ccc1OCC(=O)Nc1ccc(C)cc1. The van der Waals surface area contributed by atoms with Crippen molar-refractivity contribution in [3.63, 3.8) is 0 Å². The molecule has 4 rings (SSSR count). The fraction of sp³-hybridized carbons (Fsp3) is 0.200. The van der Waals surface area contributed by atoms with Crippen molar-refractivity contribution < 1.29 is 28.7 Å². The van der Waals surface area contributed by atoms with Crippen LogP contribution in [-0.4, -0.2) is 48.1 Å². The summed E-state index contributed by atoms with van der Waals surface area (Å²) >= 11 is 0.758. The molecule has 1 aliphatic heterocycles. The number of hydrogen-bond acceptors (Lipinski definition) is 7. The highest BCUT2D eigenvalue weighted by Crippen LogP contribution is 2.34. The molecule has 9 nitrogen and oxygen atoms in total. The van der Waals surface area contributed by atoms with Crippen molar-refractivity contribution in [1.82, 2.24) is 4.90 Å². The van der Waals surface area contributed by atoms with Crippen LogP contribution in [0.25, 0.3) is 6.08 Å². The lowest BCUT2D eigenvalue weighted by Gasteiger charge is -2.14. The summed E-state index contributed by atoms with van der Waals surface area (Å²) in [6, 6.07) is 17.9. The maximum Gasteiger partial charge on any atom is 0.294 e. The molecule has 0 saturated carbocycles. The predicted molar refractivity (Wildman–Crippen MR) is 156 cm³/mol. The van der Waals surface area contributed by atoms with E-state index in [4.69, 9.17) is 9.47 Å².